The zero-order chi connectivity index (χ0) is 10.1. The second-order valence-electron chi connectivity index (χ2n) is 4.20. The summed E-state index contributed by atoms with van der Waals surface area (Å²) in [4.78, 5) is 0. The van der Waals surface area contributed by atoms with E-state index in [1.54, 1.807) is 0 Å². The number of rotatable bonds is 1. The number of hydrogen-bond donors (Lipinski definition) is 1. The van der Waals surface area contributed by atoms with Crippen molar-refractivity contribution in [2.45, 2.75) is 32.2 Å². The van der Waals surface area contributed by atoms with Gasteiger partial charge in [-0.3, -0.25) is 0 Å². The molecule has 0 unspecified atom stereocenters. The van der Waals surface area contributed by atoms with Gasteiger partial charge in [-0.05, 0) is 17.5 Å². The third-order valence-corrected chi connectivity index (χ3v) is 2.79. The molecule has 0 saturated heterocycles. The highest BCUT2D eigenvalue weighted by molar-refractivity contribution is 5.85. The molecule has 2 N–H and O–H groups in total. The lowest BCUT2D eigenvalue weighted by Crippen LogP contribution is -2.20. The zero-order valence-electron chi connectivity index (χ0n) is 9.19. The van der Waals surface area contributed by atoms with Crippen molar-refractivity contribution in [2.75, 3.05) is 6.61 Å². The van der Waals surface area contributed by atoms with Gasteiger partial charge in [-0.15, -0.1) is 12.4 Å². The van der Waals surface area contributed by atoms with Crippen LogP contribution >= 0.6 is 12.4 Å². The molecular formula is C12H18ClNO. The van der Waals surface area contributed by atoms with Gasteiger partial charge in [0.05, 0.1) is 6.61 Å². The van der Waals surface area contributed by atoms with Crippen LogP contribution in [0.1, 0.15) is 43.4 Å². The Labute approximate surface area is 97.2 Å². The Morgan fingerprint density at radius 3 is 2.80 bits per heavy atom. The highest BCUT2D eigenvalue weighted by atomic mass is 35.5. The number of hydrogen-bond acceptors (Lipinski definition) is 2. The van der Waals surface area contributed by atoms with E-state index in [9.17, 15) is 0 Å². The molecular weight excluding hydrogens is 210 g/mol. The van der Waals surface area contributed by atoms with Crippen LogP contribution in [0.5, 0.6) is 5.75 Å². The van der Waals surface area contributed by atoms with Gasteiger partial charge in [0.15, 0.2) is 0 Å². The summed E-state index contributed by atoms with van der Waals surface area (Å²) in [5.74, 6) is 1.52. The second-order valence-corrected chi connectivity index (χ2v) is 4.20. The quantitative estimate of drug-likeness (QED) is 0.801. The molecule has 0 aromatic heterocycles. The first-order valence-electron chi connectivity index (χ1n) is 5.20. The van der Waals surface area contributed by atoms with Gasteiger partial charge in [0.25, 0.3) is 0 Å². The topological polar surface area (TPSA) is 35.2 Å². The molecule has 84 valence electrons. The zero-order valence-corrected chi connectivity index (χ0v) is 10.0. The van der Waals surface area contributed by atoms with E-state index >= 15 is 0 Å². The van der Waals surface area contributed by atoms with E-state index in [2.05, 4.69) is 26.0 Å². The number of halogens is 1. The molecule has 1 aliphatic heterocycles. The standard InChI is InChI=1S/C12H17NO.ClH/c1-8(2)9-3-4-12-10(7-9)11(13)5-6-14-12;/h3-4,7-8,11H,5-6,13H2,1-2H3;1H/t11-;/m1./s1. The van der Waals surface area contributed by atoms with Gasteiger partial charge < -0.3 is 10.5 Å². The lowest BCUT2D eigenvalue weighted by molar-refractivity contribution is 0.269. The third-order valence-electron chi connectivity index (χ3n) is 2.79. The molecule has 3 heteroatoms. The molecule has 0 saturated carbocycles. The summed E-state index contributed by atoms with van der Waals surface area (Å²) in [6.07, 6.45) is 0.925. The molecule has 0 radical (unpaired) electrons. The van der Waals surface area contributed by atoms with Crippen molar-refractivity contribution in [3.63, 3.8) is 0 Å². The summed E-state index contributed by atoms with van der Waals surface area (Å²) in [6.45, 7) is 5.13. The van der Waals surface area contributed by atoms with E-state index in [4.69, 9.17) is 10.5 Å². The molecule has 1 heterocycles. The van der Waals surface area contributed by atoms with Crippen LogP contribution in [0.2, 0.25) is 0 Å². The fourth-order valence-electron chi connectivity index (χ4n) is 1.80. The molecule has 1 aromatic rings. The summed E-state index contributed by atoms with van der Waals surface area (Å²) in [7, 11) is 0. The van der Waals surface area contributed by atoms with Crippen molar-refractivity contribution in [2.24, 2.45) is 5.73 Å². The molecule has 0 aliphatic carbocycles. The van der Waals surface area contributed by atoms with E-state index < -0.39 is 0 Å². The van der Waals surface area contributed by atoms with Crippen LogP contribution in [-0.2, 0) is 0 Å². The number of benzene rings is 1. The molecule has 15 heavy (non-hydrogen) atoms. The third kappa shape index (κ3) is 2.44. The summed E-state index contributed by atoms with van der Waals surface area (Å²) in [6, 6.07) is 6.51. The Morgan fingerprint density at radius 1 is 1.40 bits per heavy atom. The maximum Gasteiger partial charge on any atom is 0.124 e. The van der Waals surface area contributed by atoms with Crippen molar-refractivity contribution in [3.05, 3.63) is 29.3 Å². The van der Waals surface area contributed by atoms with E-state index in [1.807, 2.05) is 6.07 Å². The van der Waals surface area contributed by atoms with Crippen LogP contribution in [0, 0.1) is 0 Å². The Kier molecular flexibility index (Phi) is 4.00. The van der Waals surface area contributed by atoms with Gasteiger partial charge in [-0.2, -0.15) is 0 Å². The highest BCUT2D eigenvalue weighted by Gasteiger charge is 2.18. The van der Waals surface area contributed by atoms with Crippen LogP contribution in [0.4, 0.5) is 0 Å². The number of ether oxygens (including phenoxy) is 1. The Morgan fingerprint density at radius 2 is 2.13 bits per heavy atom. The maximum atomic E-state index is 6.04. The minimum absolute atomic E-state index is 0. The molecule has 0 bridgehead atoms. The first kappa shape index (κ1) is 12.3. The summed E-state index contributed by atoms with van der Waals surface area (Å²) in [5.41, 5.74) is 8.54. The van der Waals surface area contributed by atoms with E-state index in [0.717, 1.165) is 18.8 Å². The van der Waals surface area contributed by atoms with Gasteiger partial charge in [-0.1, -0.05) is 26.0 Å². The van der Waals surface area contributed by atoms with Crippen molar-refractivity contribution in [1.82, 2.24) is 0 Å². The van der Waals surface area contributed by atoms with Gasteiger partial charge in [0, 0.05) is 18.0 Å². The minimum Gasteiger partial charge on any atom is -0.493 e. The van der Waals surface area contributed by atoms with E-state index in [-0.39, 0.29) is 18.4 Å². The van der Waals surface area contributed by atoms with Crippen LogP contribution in [-0.4, -0.2) is 6.61 Å². The van der Waals surface area contributed by atoms with Crippen molar-refractivity contribution < 1.29 is 4.74 Å². The van der Waals surface area contributed by atoms with Crippen molar-refractivity contribution >= 4 is 12.4 Å². The smallest absolute Gasteiger partial charge is 0.124 e. The van der Waals surface area contributed by atoms with Crippen LogP contribution in [0.15, 0.2) is 18.2 Å². The summed E-state index contributed by atoms with van der Waals surface area (Å²) >= 11 is 0. The lowest BCUT2D eigenvalue weighted by Gasteiger charge is -2.24. The maximum absolute atomic E-state index is 6.04. The fourth-order valence-corrected chi connectivity index (χ4v) is 1.80. The molecule has 2 rings (SSSR count). The second kappa shape index (κ2) is 4.86. The van der Waals surface area contributed by atoms with E-state index in [1.165, 1.54) is 11.1 Å². The molecule has 2 nitrogen and oxygen atoms in total. The van der Waals surface area contributed by atoms with Gasteiger partial charge >= 0.3 is 0 Å². The predicted octanol–water partition coefficient (Wildman–Crippen LogP) is 3.01. The lowest BCUT2D eigenvalue weighted by atomic mass is 9.95. The first-order valence-corrected chi connectivity index (χ1v) is 5.20. The predicted molar refractivity (Wildman–Crippen MR) is 64.8 cm³/mol. The average molecular weight is 228 g/mol. The van der Waals surface area contributed by atoms with Gasteiger partial charge in [-0.25, -0.2) is 0 Å². The Balaban J connectivity index is 0.00000112. The Hall–Kier alpha value is -0.730. The minimum atomic E-state index is 0. The fraction of sp³-hybridized carbons (Fsp3) is 0.500. The molecule has 1 aliphatic rings. The highest BCUT2D eigenvalue weighted by Crippen LogP contribution is 2.32. The Bertz CT molecular complexity index is 338. The van der Waals surface area contributed by atoms with Crippen molar-refractivity contribution in [1.29, 1.82) is 0 Å². The van der Waals surface area contributed by atoms with E-state index in [0.29, 0.717) is 5.92 Å². The molecule has 0 amide bonds. The molecule has 0 spiro atoms. The van der Waals surface area contributed by atoms with Crippen molar-refractivity contribution in [3.8, 4) is 5.75 Å². The average Bonchev–Trinajstić information content (AvgIpc) is 2.18. The first-order chi connectivity index (χ1) is 6.68. The van der Waals surface area contributed by atoms with Gasteiger partial charge in [0.1, 0.15) is 5.75 Å². The monoisotopic (exact) mass is 227 g/mol. The normalized spacial score (nSPS) is 19.1. The van der Waals surface area contributed by atoms with Crippen LogP contribution < -0.4 is 10.5 Å². The van der Waals surface area contributed by atoms with Gasteiger partial charge in [0.2, 0.25) is 0 Å². The molecule has 0 fully saturated rings. The van der Waals surface area contributed by atoms with Crippen LogP contribution in [0.25, 0.3) is 0 Å². The number of nitrogens with two attached hydrogens (primary N) is 1. The SMILES string of the molecule is CC(C)c1ccc2c(c1)[C@H](N)CCO2.Cl. The molecule has 1 aromatic carbocycles. The van der Waals surface area contributed by atoms with Crippen LogP contribution in [0.3, 0.4) is 0 Å². The largest absolute Gasteiger partial charge is 0.493 e. The summed E-state index contributed by atoms with van der Waals surface area (Å²) < 4.78 is 5.55. The number of fused-ring (bicyclic) bond motifs is 1. The molecule has 1 atom stereocenters. The summed E-state index contributed by atoms with van der Waals surface area (Å²) in [5, 5.41) is 0.